The number of piperazine rings is 1. The SMILES string of the molecule is COc1ccc(CN2C(=O)c3cccc(N4CCC(C(=O)N5CCN(C6CCCCC6)CC5)CC4)c3C2=O)cc1OC. The molecule has 1 aliphatic carbocycles. The normalized spacial score (nSPS) is 20.7. The third kappa shape index (κ3) is 5.46. The van der Waals surface area contributed by atoms with Gasteiger partial charge in [0.1, 0.15) is 0 Å². The summed E-state index contributed by atoms with van der Waals surface area (Å²) in [6.45, 7) is 5.15. The molecule has 0 atom stereocenters. The summed E-state index contributed by atoms with van der Waals surface area (Å²) in [5, 5.41) is 0. The molecule has 2 saturated heterocycles. The molecule has 0 bridgehead atoms. The number of hydrogen-bond donors (Lipinski definition) is 0. The third-order valence-corrected chi connectivity index (χ3v) is 9.67. The molecule has 3 fully saturated rings. The molecule has 3 aliphatic heterocycles. The molecule has 0 radical (unpaired) electrons. The van der Waals surface area contributed by atoms with E-state index in [1.807, 2.05) is 18.2 Å². The first-order chi connectivity index (χ1) is 20.5. The number of piperidine rings is 1. The van der Waals surface area contributed by atoms with Gasteiger partial charge in [0.2, 0.25) is 5.91 Å². The summed E-state index contributed by atoms with van der Waals surface area (Å²) in [7, 11) is 3.13. The fourth-order valence-corrected chi connectivity index (χ4v) is 7.26. The van der Waals surface area contributed by atoms with Crippen LogP contribution in [-0.2, 0) is 11.3 Å². The quantitative estimate of drug-likeness (QED) is 0.459. The smallest absolute Gasteiger partial charge is 0.263 e. The first kappa shape index (κ1) is 28.5. The number of nitrogens with zero attached hydrogens (tertiary/aromatic N) is 4. The first-order valence-corrected chi connectivity index (χ1v) is 15.5. The highest BCUT2D eigenvalue weighted by Crippen LogP contribution is 2.36. The fraction of sp³-hybridized carbons (Fsp3) is 0.545. The Morgan fingerprint density at radius 1 is 0.810 bits per heavy atom. The highest BCUT2D eigenvalue weighted by atomic mass is 16.5. The van der Waals surface area contributed by atoms with Crippen LogP contribution in [0.25, 0.3) is 0 Å². The van der Waals surface area contributed by atoms with Gasteiger partial charge in [0.15, 0.2) is 11.5 Å². The van der Waals surface area contributed by atoms with Crippen molar-refractivity contribution in [3.05, 3.63) is 53.1 Å². The molecular formula is C33H42N4O5. The zero-order valence-electron chi connectivity index (χ0n) is 24.8. The molecule has 2 aromatic rings. The van der Waals surface area contributed by atoms with Gasteiger partial charge in [0.05, 0.1) is 37.6 Å². The Morgan fingerprint density at radius 2 is 1.52 bits per heavy atom. The van der Waals surface area contributed by atoms with Gasteiger partial charge >= 0.3 is 0 Å². The number of benzene rings is 2. The van der Waals surface area contributed by atoms with Crippen molar-refractivity contribution >= 4 is 23.4 Å². The van der Waals surface area contributed by atoms with Gasteiger partial charge in [-0.1, -0.05) is 31.4 Å². The van der Waals surface area contributed by atoms with Crippen LogP contribution in [0.1, 0.15) is 71.2 Å². The van der Waals surface area contributed by atoms with Crippen molar-refractivity contribution in [1.29, 1.82) is 0 Å². The van der Waals surface area contributed by atoms with Crippen molar-refractivity contribution in [1.82, 2.24) is 14.7 Å². The number of anilines is 1. The van der Waals surface area contributed by atoms with Gasteiger partial charge < -0.3 is 19.3 Å². The molecule has 42 heavy (non-hydrogen) atoms. The van der Waals surface area contributed by atoms with Gasteiger partial charge in [-0.25, -0.2) is 0 Å². The number of carbonyl (C=O) groups is 3. The van der Waals surface area contributed by atoms with Crippen molar-refractivity contribution in [2.24, 2.45) is 5.92 Å². The maximum atomic E-state index is 13.6. The molecule has 1 saturated carbocycles. The summed E-state index contributed by atoms with van der Waals surface area (Å²) in [5.41, 5.74) is 2.47. The number of methoxy groups -OCH3 is 2. The van der Waals surface area contributed by atoms with Crippen molar-refractivity contribution < 1.29 is 23.9 Å². The summed E-state index contributed by atoms with van der Waals surface area (Å²) < 4.78 is 10.7. The van der Waals surface area contributed by atoms with E-state index in [-0.39, 0.29) is 30.2 Å². The first-order valence-electron chi connectivity index (χ1n) is 15.5. The summed E-state index contributed by atoms with van der Waals surface area (Å²) in [4.78, 5) is 48.6. The van der Waals surface area contributed by atoms with E-state index in [0.29, 0.717) is 41.8 Å². The lowest BCUT2D eigenvalue weighted by Crippen LogP contribution is -2.54. The Morgan fingerprint density at radius 3 is 2.21 bits per heavy atom. The second-order valence-corrected chi connectivity index (χ2v) is 12.0. The molecule has 6 rings (SSSR count). The molecule has 2 aromatic carbocycles. The number of rotatable bonds is 7. The molecule has 0 unspecified atom stereocenters. The Bertz CT molecular complexity index is 1320. The predicted molar refractivity (Wildman–Crippen MR) is 160 cm³/mol. The standard InChI is InChI=1S/C33H42N4O5/c1-41-28-12-11-23(21-29(28)42-2)22-37-32(39)26-9-6-10-27(30(26)33(37)40)35-15-13-24(14-16-35)31(38)36-19-17-34(18-20-36)25-7-4-3-5-8-25/h6,9-12,21,24-25H,3-5,7-8,13-20,22H2,1-2H3. The molecular weight excluding hydrogens is 532 g/mol. The monoisotopic (exact) mass is 574 g/mol. The molecule has 224 valence electrons. The molecule has 0 N–H and O–H groups in total. The number of hydrogen-bond acceptors (Lipinski definition) is 7. The Kier molecular flexibility index (Phi) is 8.38. The number of imide groups is 1. The molecule has 0 spiro atoms. The average Bonchev–Trinajstić information content (AvgIpc) is 3.29. The minimum Gasteiger partial charge on any atom is -0.493 e. The van der Waals surface area contributed by atoms with Crippen LogP contribution in [0.4, 0.5) is 5.69 Å². The molecule has 0 aromatic heterocycles. The number of fused-ring (bicyclic) bond motifs is 1. The molecule has 9 nitrogen and oxygen atoms in total. The van der Waals surface area contributed by atoms with Gasteiger partial charge in [0, 0.05) is 51.2 Å². The molecule has 4 aliphatic rings. The van der Waals surface area contributed by atoms with E-state index in [0.717, 1.165) is 50.3 Å². The second-order valence-electron chi connectivity index (χ2n) is 12.0. The highest BCUT2D eigenvalue weighted by Gasteiger charge is 2.40. The van der Waals surface area contributed by atoms with Gasteiger partial charge in [-0.3, -0.25) is 24.2 Å². The second kappa shape index (κ2) is 12.3. The Hall–Kier alpha value is -3.59. The number of amides is 3. The maximum absolute atomic E-state index is 13.6. The number of ether oxygens (including phenoxy) is 2. The van der Waals surface area contributed by atoms with Crippen LogP contribution in [-0.4, -0.2) is 92.0 Å². The van der Waals surface area contributed by atoms with Gasteiger partial charge in [-0.05, 0) is 55.5 Å². The van der Waals surface area contributed by atoms with E-state index in [9.17, 15) is 14.4 Å². The third-order valence-electron chi connectivity index (χ3n) is 9.67. The topological polar surface area (TPSA) is 82.6 Å². The van der Waals surface area contributed by atoms with Crippen molar-refractivity contribution in [2.75, 3.05) is 58.4 Å². The summed E-state index contributed by atoms with van der Waals surface area (Å²) in [5.74, 6) is 0.866. The zero-order chi connectivity index (χ0) is 29.2. The van der Waals surface area contributed by atoms with Gasteiger partial charge in [-0.15, -0.1) is 0 Å². The highest BCUT2D eigenvalue weighted by molar-refractivity contribution is 6.23. The molecule has 3 heterocycles. The predicted octanol–water partition coefficient (Wildman–Crippen LogP) is 4.19. The van der Waals surface area contributed by atoms with Crippen LogP contribution in [0.15, 0.2) is 36.4 Å². The lowest BCUT2D eigenvalue weighted by molar-refractivity contribution is -0.138. The average molecular weight is 575 g/mol. The van der Waals surface area contributed by atoms with Crippen LogP contribution in [0.3, 0.4) is 0 Å². The minimum atomic E-state index is -0.288. The lowest BCUT2D eigenvalue weighted by Gasteiger charge is -2.42. The largest absolute Gasteiger partial charge is 0.493 e. The molecule has 9 heteroatoms. The van der Waals surface area contributed by atoms with Crippen LogP contribution in [0, 0.1) is 5.92 Å². The lowest BCUT2D eigenvalue weighted by atomic mass is 9.92. The van der Waals surface area contributed by atoms with E-state index in [4.69, 9.17) is 9.47 Å². The van der Waals surface area contributed by atoms with Crippen molar-refractivity contribution in [2.45, 2.75) is 57.5 Å². The van der Waals surface area contributed by atoms with Crippen molar-refractivity contribution in [3.8, 4) is 11.5 Å². The fourth-order valence-electron chi connectivity index (χ4n) is 7.26. The summed E-state index contributed by atoms with van der Waals surface area (Å²) in [6.07, 6.45) is 8.15. The van der Waals surface area contributed by atoms with E-state index in [2.05, 4.69) is 14.7 Å². The van der Waals surface area contributed by atoms with E-state index >= 15 is 0 Å². The minimum absolute atomic E-state index is 0.0122. The van der Waals surface area contributed by atoms with Crippen LogP contribution in [0.2, 0.25) is 0 Å². The summed E-state index contributed by atoms with van der Waals surface area (Å²) >= 11 is 0. The van der Waals surface area contributed by atoms with Crippen LogP contribution in [0.5, 0.6) is 11.5 Å². The van der Waals surface area contributed by atoms with Crippen molar-refractivity contribution in [3.63, 3.8) is 0 Å². The Labute approximate surface area is 248 Å². The van der Waals surface area contributed by atoms with E-state index in [1.165, 1.54) is 37.0 Å². The van der Waals surface area contributed by atoms with Gasteiger partial charge in [0.25, 0.3) is 11.8 Å². The summed E-state index contributed by atoms with van der Waals surface area (Å²) in [6, 6.07) is 11.6. The maximum Gasteiger partial charge on any atom is 0.263 e. The van der Waals surface area contributed by atoms with E-state index in [1.54, 1.807) is 32.4 Å². The van der Waals surface area contributed by atoms with E-state index < -0.39 is 0 Å². The van der Waals surface area contributed by atoms with Gasteiger partial charge in [-0.2, -0.15) is 0 Å². The number of carbonyl (C=O) groups excluding carboxylic acids is 3. The van der Waals surface area contributed by atoms with Crippen LogP contribution >= 0.6 is 0 Å². The molecule has 3 amide bonds. The Balaban J connectivity index is 1.08. The van der Waals surface area contributed by atoms with Crippen LogP contribution < -0.4 is 14.4 Å². The zero-order valence-corrected chi connectivity index (χ0v) is 24.8.